The number of anilines is 2. The molecule has 0 saturated heterocycles. The molecule has 0 spiro atoms. The third kappa shape index (κ3) is 4.88. The zero-order valence-electron chi connectivity index (χ0n) is 18.5. The number of nitrogens with zero attached hydrogens (tertiary/aromatic N) is 2. The summed E-state index contributed by atoms with van der Waals surface area (Å²) in [6.07, 6.45) is 0. The van der Waals surface area contributed by atoms with E-state index in [4.69, 9.17) is 9.47 Å². The molecular formula is C24H23N3O5S. The number of hydrogen-bond donors (Lipinski definition) is 1. The van der Waals surface area contributed by atoms with Crippen molar-refractivity contribution >= 4 is 40.5 Å². The monoisotopic (exact) mass is 465 g/mol. The first-order chi connectivity index (χ1) is 15.9. The van der Waals surface area contributed by atoms with Crippen LogP contribution in [0.4, 0.5) is 11.4 Å². The second-order valence-electron chi connectivity index (χ2n) is 7.43. The van der Waals surface area contributed by atoms with Crippen LogP contribution in [-0.2, 0) is 14.3 Å². The van der Waals surface area contributed by atoms with Crippen LogP contribution in [0.1, 0.15) is 27.2 Å². The minimum absolute atomic E-state index is 0.136. The molecule has 1 N–H and O–H groups in total. The normalized spacial score (nSPS) is 12.7. The number of nitrogens with one attached hydrogen (secondary N) is 1. The second kappa shape index (κ2) is 9.41. The number of rotatable bonds is 6. The number of benzene rings is 2. The minimum Gasteiger partial charge on any atom is -0.482 e. The molecule has 0 atom stereocenters. The smallest absolute Gasteiger partial charge is 0.338 e. The lowest BCUT2D eigenvalue weighted by molar-refractivity contribution is -0.123. The Hall–Kier alpha value is -3.72. The Morgan fingerprint density at radius 2 is 1.94 bits per heavy atom. The maximum Gasteiger partial charge on any atom is 0.338 e. The van der Waals surface area contributed by atoms with Crippen molar-refractivity contribution in [2.24, 2.45) is 0 Å². The molecule has 0 unspecified atom stereocenters. The molecule has 1 aromatic heterocycles. The van der Waals surface area contributed by atoms with Gasteiger partial charge in [-0.15, -0.1) is 11.3 Å². The zero-order chi connectivity index (χ0) is 23.5. The maximum absolute atomic E-state index is 12.7. The lowest BCUT2D eigenvalue weighted by Gasteiger charge is -2.29. The molecule has 1 aliphatic rings. The largest absolute Gasteiger partial charge is 0.482 e. The van der Waals surface area contributed by atoms with Crippen molar-refractivity contribution in [1.29, 1.82) is 0 Å². The number of carbonyl (C=O) groups is 3. The van der Waals surface area contributed by atoms with E-state index in [1.807, 2.05) is 26.0 Å². The van der Waals surface area contributed by atoms with Crippen LogP contribution in [0.2, 0.25) is 0 Å². The molecule has 2 amide bonds. The van der Waals surface area contributed by atoms with Gasteiger partial charge in [0.2, 0.25) is 5.91 Å². The highest BCUT2D eigenvalue weighted by molar-refractivity contribution is 7.11. The van der Waals surface area contributed by atoms with E-state index >= 15 is 0 Å². The molecule has 8 nitrogen and oxygen atoms in total. The van der Waals surface area contributed by atoms with E-state index < -0.39 is 5.97 Å². The number of carbonyl (C=O) groups excluding carboxylic acids is 3. The Morgan fingerprint density at radius 3 is 2.61 bits per heavy atom. The van der Waals surface area contributed by atoms with Crippen LogP contribution >= 0.6 is 11.3 Å². The summed E-state index contributed by atoms with van der Waals surface area (Å²) in [5.41, 5.74) is 3.14. The van der Waals surface area contributed by atoms with E-state index in [9.17, 15) is 14.4 Å². The van der Waals surface area contributed by atoms with Crippen molar-refractivity contribution in [3.8, 4) is 17.0 Å². The number of fused-ring (bicyclic) bond motifs is 1. The van der Waals surface area contributed by atoms with Gasteiger partial charge in [-0.05, 0) is 63.2 Å². The molecule has 2 aromatic carbocycles. The van der Waals surface area contributed by atoms with Crippen LogP contribution in [0.5, 0.6) is 5.75 Å². The lowest BCUT2D eigenvalue weighted by Crippen LogP contribution is -2.43. The summed E-state index contributed by atoms with van der Waals surface area (Å²) >= 11 is 1.60. The molecule has 0 bridgehead atoms. The highest BCUT2D eigenvalue weighted by atomic mass is 32.1. The predicted molar refractivity (Wildman–Crippen MR) is 126 cm³/mol. The van der Waals surface area contributed by atoms with E-state index in [1.54, 1.807) is 48.6 Å². The molecule has 9 heteroatoms. The molecule has 170 valence electrons. The molecule has 0 radical (unpaired) electrons. The van der Waals surface area contributed by atoms with Gasteiger partial charge >= 0.3 is 5.97 Å². The number of esters is 1. The van der Waals surface area contributed by atoms with Crippen LogP contribution in [-0.4, -0.2) is 42.5 Å². The number of amides is 2. The van der Waals surface area contributed by atoms with Crippen molar-refractivity contribution < 1.29 is 23.9 Å². The lowest BCUT2D eigenvalue weighted by atomic mass is 10.1. The van der Waals surface area contributed by atoms with Gasteiger partial charge < -0.3 is 14.8 Å². The fourth-order valence-corrected chi connectivity index (χ4v) is 4.41. The first kappa shape index (κ1) is 22.5. The number of thiazole rings is 1. The van der Waals surface area contributed by atoms with Crippen LogP contribution in [0.25, 0.3) is 11.3 Å². The predicted octanol–water partition coefficient (Wildman–Crippen LogP) is 3.97. The quantitative estimate of drug-likeness (QED) is 0.553. The van der Waals surface area contributed by atoms with Gasteiger partial charge in [0.1, 0.15) is 12.3 Å². The fraction of sp³-hybridized carbons (Fsp3) is 0.250. The van der Waals surface area contributed by atoms with Crippen molar-refractivity contribution in [3.63, 3.8) is 0 Å². The first-order valence-electron chi connectivity index (χ1n) is 10.4. The zero-order valence-corrected chi connectivity index (χ0v) is 19.3. The summed E-state index contributed by atoms with van der Waals surface area (Å²) in [7, 11) is 0. The first-order valence-corrected chi connectivity index (χ1v) is 11.3. The summed E-state index contributed by atoms with van der Waals surface area (Å²) in [6, 6.07) is 11.9. The van der Waals surface area contributed by atoms with Crippen molar-refractivity contribution in [2.45, 2.75) is 20.8 Å². The molecular weight excluding hydrogens is 442 g/mol. The van der Waals surface area contributed by atoms with E-state index in [0.717, 1.165) is 21.1 Å². The average Bonchev–Trinajstić information content (AvgIpc) is 3.14. The summed E-state index contributed by atoms with van der Waals surface area (Å²) in [5.74, 6) is -0.563. The van der Waals surface area contributed by atoms with Crippen molar-refractivity contribution in [2.75, 3.05) is 30.0 Å². The second-order valence-corrected chi connectivity index (χ2v) is 8.84. The van der Waals surface area contributed by atoms with Gasteiger partial charge in [0.25, 0.3) is 5.91 Å². The number of aryl methyl sites for hydroxylation is 2. The summed E-state index contributed by atoms with van der Waals surface area (Å²) in [4.78, 5) is 44.2. The Bertz CT molecular complexity index is 1220. The fourth-order valence-electron chi connectivity index (χ4n) is 3.57. The highest BCUT2D eigenvalue weighted by Crippen LogP contribution is 2.37. The molecule has 33 heavy (non-hydrogen) atoms. The summed E-state index contributed by atoms with van der Waals surface area (Å²) in [5, 5.41) is 3.72. The summed E-state index contributed by atoms with van der Waals surface area (Å²) < 4.78 is 10.5. The number of hydrogen-bond acceptors (Lipinski definition) is 7. The van der Waals surface area contributed by atoms with E-state index in [-0.39, 0.29) is 31.6 Å². The van der Waals surface area contributed by atoms with E-state index in [2.05, 4.69) is 10.3 Å². The van der Waals surface area contributed by atoms with Crippen molar-refractivity contribution in [3.05, 3.63) is 57.9 Å². The Morgan fingerprint density at radius 1 is 1.18 bits per heavy atom. The Labute approximate surface area is 195 Å². The standard InChI is InChI=1S/C24H23N3O5S/c1-4-31-24(30)16-5-8-18(9-6-16)26-21(28)12-27-19-11-17(23-14(2)33-15(3)25-23)7-10-20(19)32-13-22(27)29/h5-11H,4,12-13H2,1-3H3,(H,26,28). The molecule has 4 rings (SSSR count). The Balaban J connectivity index is 1.52. The molecule has 3 aromatic rings. The van der Waals surface area contributed by atoms with E-state index in [0.29, 0.717) is 22.7 Å². The number of ether oxygens (including phenoxy) is 2. The van der Waals surface area contributed by atoms with Gasteiger partial charge in [-0.25, -0.2) is 9.78 Å². The SMILES string of the molecule is CCOC(=O)c1ccc(NC(=O)CN2C(=O)COc3ccc(-c4nc(C)sc4C)cc32)cc1. The maximum atomic E-state index is 12.7. The van der Waals surface area contributed by atoms with E-state index in [1.165, 1.54) is 4.90 Å². The van der Waals surface area contributed by atoms with Crippen LogP contribution in [0.3, 0.4) is 0 Å². The van der Waals surface area contributed by atoms with Crippen molar-refractivity contribution in [1.82, 2.24) is 4.98 Å². The summed E-state index contributed by atoms with van der Waals surface area (Å²) in [6.45, 7) is 5.66. The van der Waals surface area contributed by atoms with Gasteiger partial charge in [-0.1, -0.05) is 0 Å². The molecule has 1 aliphatic heterocycles. The van der Waals surface area contributed by atoms with Gasteiger partial charge in [0.05, 0.1) is 28.6 Å². The number of aromatic nitrogens is 1. The van der Waals surface area contributed by atoms with Gasteiger partial charge in [0.15, 0.2) is 6.61 Å². The Kier molecular flexibility index (Phi) is 6.41. The third-order valence-electron chi connectivity index (χ3n) is 5.06. The highest BCUT2D eigenvalue weighted by Gasteiger charge is 2.28. The minimum atomic E-state index is -0.424. The molecule has 0 fully saturated rings. The van der Waals surface area contributed by atoms with Crippen LogP contribution < -0.4 is 15.0 Å². The average molecular weight is 466 g/mol. The topological polar surface area (TPSA) is 97.8 Å². The molecule has 0 saturated carbocycles. The third-order valence-corrected chi connectivity index (χ3v) is 5.95. The van der Waals surface area contributed by atoms with Gasteiger partial charge in [-0.2, -0.15) is 0 Å². The molecule has 2 heterocycles. The molecule has 0 aliphatic carbocycles. The van der Waals surface area contributed by atoms with Gasteiger partial charge in [0, 0.05) is 16.1 Å². The van der Waals surface area contributed by atoms with Crippen LogP contribution in [0, 0.1) is 13.8 Å². The van der Waals surface area contributed by atoms with Crippen LogP contribution in [0.15, 0.2) is 42.5 Å². The van der Waals surface area contributed by atoms with Gasteiger partial charge in [-0.3, -0.25) is 14.5 Å².